The monoisotopic (exact) mass is 85.0 g/mol. The summed E-state index contributed by atoms with van der Waals surface area (Å²) in [6, 6.07) is 0. The summed E-state index contributed by atoms with van der Waals surface area (Å²) in [4.78, 5) is 8.36. The number of carbonyl (C=O) groups is 1. The van der Waals surface area contributed by atoms with Gasteiger partial charge in [-0.15, -0.1) is 0 Å². The third kappa shape index (κ3) is 11.3. The van der Waals surface area contributed by atoms with Crippen LogP contribution in [0.1, 0.15) is 0 Å². The van der Waals surface area contributed by atoms with E-state index in [1.807, 2.05) is 0 Å². The average molecular weight is 85.1 g/mol. The van der Waals surface area contributed by atoms with Gasteiger partial charge in [-0.1, -0.05) is 0 Å². The van der Waals surface area contributed by atoms with E-state index in [1.165, 1.54) is 0 Å². The molecule has 0 aliphatic carbocycles. The van der Waals surface area contributed by atoms with Gasteiger partial charge in [0, 0.05) is 51.4 Å². The van der Waals surface area contributed by atoms with Crippen molar-refractivity contribution in [1.82, 2.24) is 0 Å². The molecule has 0 unspecified atom stereocenters. The Kier molecular flexibility index (Phi) is 19.9. The molecule has 0 aliphatic rings. The van der Waals surface area contributed by atoms with Crippen LogP contribution in [0.3, 0.4) is 0 Å². The molecule has 1 N–H and O–H groups in total. The Balaban J connectivity index is 0. The molecule has 0 rings (SSSR count). The molecule has 0 atom stereocenters. The van der Waals surface area contributed by atoms with E-state index in [2.05, 4.69) is 0 Å². The second kappa shape index (κ2) is 8.93. The first-order valence-corrected chi connectivity index (χ1v) is 0.494. The molecule has 0 amide bonds. The summed E-state index contributed by atoms with van der Waals surface area (Å²) < 4.78 is 0. The van der Waals surface area contributed by atoms with E-state index in [-0.39, 0.29) is 57.9 Å². The van der Waals surface area contributed by atoms with Gasteiger partial charge < -0.3 is 5.11 Å². The Hall–Kier alpha value is 1.11. The third-order valence-electron chi connectivity index (χ3n) is 0. The number of carboxylic acid groups (broad SMARTS) is 1. The van der Waals surface area contributed by atoms with Crippen LogP contribution in [-0.4, -0.2) is 63.0 Å². The maximum absolute atomic E-state index is 8.36. The van der Waals surface area contributed by atoms with Gasteiger partial charge in [-0.05, 0) is 0 Å². The largest absolute Gasteiger partial charge is 0.483 e. The molecule has 4 heavy (non-hydrogen) atoms. The fourth-order valence-electron chi connectivity index (χ4n) is 0. The van der Waals surface area contributed by atoms with Crippen LogP contribution in [0, 0.1) is 0 Å². The molecule has 0 aromatic heterocycles. The first-order valence-electron chi connectivity index (χ1n) is 0.494. The predicted octanol–water partition coefficient (Wildman–Crippen LogP) is -0.680. The van der Waals surface area contributed by atoms with Crippen LogP contribution < -0.4 is 0 Å². The number of hydrogen-bond donors (Lipinski definition) is 1. The van der Waals surface area contributed by atoms with Gasteiger partial charge in [0.1, 0.15) is 0 Å². The molecular weight excluding hydrogens is 83.1 g/mol. The molecule has 0 aromatic rings. The van der Waals surface area contributed by atoms with Crippen molar-refractivity contribution in [3.8, 4) is 0 Å². The summed E-state index contributed by atoms with van der Waals surface area (Å²) >= 11 is 0. The van der Waals surface area contributed by atoms with Crippen LogP contribution in [0.5, 0.6) is 0 Å². The normalized spacial score (nSPS) is 3.00. The smallest absolute Gasteiger partial charge is 0.290 e. The van der Waals surface area contributed by atoms with Crippen LogP contribution >= 0.6 is 0 Å². The third-order valence-corrected chi connectivity index (χ3v) is 0. The quantitative estimate of drug-likeness (QED) is 0.312. The molecule has 0 bridgehead atoms. The minimum Gasteiger partial charge on any atom is -0.483 e. The van der Waals surface area contributed by atoms with E-state index in [0.717, 1.165) is 0 Å². The Morgan fingerprint density at radius 2 is 1.75 bits per heavy atom. The van der Waals surface area contributed by atoms with E-state index < -0.39 is 0 Å². The number of hydrogen-bond acceptors (Lipinski definition) is 1. The average Bonchev–Trinajstić information content (AvgIpc) is 0.918. The Morgan fingerprint density at radius 3 is 1.75 bits per heavy atom. The van der Waals surface area contributed by atoms with Crippen molar-refractivity contribution in [2.45, 2.75) is 0 Å². The zero-order valence-corrected chi connectivity index (χ0v) is 5.56. The molecule has 0 spiro atoms. The van der Waals surface area contributed by atoms with Crippen molar-refractivity contribution in [3.63, 3.8) is 0 Å². The molecule has 3 heteroatoms. The Labute approximate surface area is 66.6 Å². The van der Waals surface area contributed by atoms with Gasteiger partial charge in [0.15, 0.2) is 0 Å². The molecule has 0 saturated heterocycles. The van der Waals surface area contributed by atoms with Crippen molar-refractivity contribution < 1.29 is 9.90 Å². The maximum atomic E-state index is 8.36. The molecule has 19 valence electrons. The molecular formula is CH2KO2. The molecule has 0 heterocycles. The van der Waals surface area contributed by atoms with Gasteiger partial charge in [-0.3, -0.25) is 4.79 Å². The van der Waals surface area contributed by atoms with E-state index in [0.29, 0.717) is 0 Å². The van der Waals surface area contributed by atoms with E-state index >= 15 is 0 Å². The zero-order chi connectivity index (χ0) is 2.71. The van der Waals surface area contributed by atoms with Crippen LogP contribution in [-0.2, 0) is 4.79 Å². The van der Waals surface area contributed by atoms with E-state index in [4.69, 9.17) is 9.90 Å². The predicted molar refractivity (Wildman–Crippen MR) is 14.4 cm³/mol. The standard InChI is InChI=1S/CH2O2.K/c2-1-3;/h1H,(H,2,3);. The zero-order valence-electron chi connectivity index (χ0n) is 2.43. The van der Waals surface area contributed by atoms with Gasteiger partial charge in [0.25, 0.3) is 6.47 Å². The van der Waals surface area contributed by atoms with Crippen molar-refractivity contribution in [3.05, 3.63) is 0 Å². The molecule has 0 fully saturated rings. The van der Waals surface area contributed by atoms with Gasteiger partial charge in [-0.2, -0.15) is 0 Å². The minimum atomic E-state index is -0.250. The summed E-state index contributed by atoms with van der Waals surface area (Å²) in [5.74, 6) is 0. The van der Waals surface area contributed by atoms with Crippen LogP contribution in [0.2, 0.25) is 0 Å². The SMILES string of the molecule is O=CO.[K]. The maximum Gasteiger partial charge on any atom is 0.290 e. The topological polar surface area (TPSA) is 37.3 Å². The van der Waals surface area contributed by atoms with E-state index in [1.54, 1.807) is 0 Å². The van der Waals surface area contributed by atoms with Crippen LogP contribution in [0.15, 0.2) is 0 Å². The second-order valence-corrected chi connectivity index (χ2v) is 0.105. The summed E-state index contributed by atoms with van der Waals surface area (Å²) in [7, 11) is 0. The van der Waals surface area contributed by atoms with Crippen LogP contribution in [0.4, 0.5) is 0 Å². The van der Waals surface area contributed by atoms with Gasteiger partial charge >= 0.3 is 0 Å². The molecule has 2 nitrogen and oxygen atoms in total. The Morgan fingerprint density at radius 1 is 1.75 bits per heavy atom. The molecule has 0 aliphatic heterocycles. The summed E-state index contributed by atoms with van der Waals surface area (Å²) in [6.07, 6.45) is 0. The van der Waals surface area contributed by atoms with Crippen molar-refractivity contribution in [2.75, 3.05) is 0 Å². The van der Waals surface area contributed by atoms with Crippen molar-refractivity contribution in [1.29, 1.82) is 0 Å². The van der Waals surface area contributed by atoms with E-state index in [9.17, 15) is 0 Å². The first-order chi connectivity index (χ1) is 1.41. The van der Waals surface area contributed by atoms with Gasteiger partial charge in [-0.25, -0.2) is 0 Å². The van der Waals surface area contributed by atoms with Gasteiger partial charge in [0.05, 0.1) is 0 Å². The van der Waals surface area contributed by atoms with Crippen molar-refractivity contribution in [2.24, 2.45) is 0 Å². The summed E-state index contributed by atoms with van der Waals surface area (Å²) in [5.41, 5.74) is 0. The fraction of sp³-hybridized carbons (Fsp3) is 0. The molecule has 0 aromatic carbocycles. The van der Waals surface area contributed by atoms with Gasteiger partial charge in [0.2, 0.25) is 0 Å². The molecule has 0 saturated carbocycles. The first kappa shape index (κ1) is 8.92. The molecule has 1 radical (unpaired) electrons. The Bertz CT molecular complexity index is 13.5. The number of rotatable bonds is 0. The summed E-state index contributed by atoms with van der Waals surface area (Å²) in [6.45, 7) is -0.250. The van der Waals surface area contributed by atoms with Crippen molar-refractivity contribution >= 4 is 57.9 Å². The second-order valence-electron chi connectivity index (χ2n) is 0.105. The fourth-order valence-corrected chi connectivity index (χ4v) is 0. The minimum absolute atomic E-state index is 0. The van der Waals surface area contributed by atoms with Crippen LogP contribution in [0.25, 0.3) is 0 Å². The summed E-state index contributed by atoms with van der Waals surface area (Å²) in [5, 5.41) is 6.89.